The molecule has 1 aromatic carbocycles. The van der Waals surface area contributed by atoms with E-state index in [1.54, 1.807) is 12.1 Å². The number of anilines is 1. The van der Waals surface area contributed by atoms with Crippen LogP contribution in [0.1, 0.15) is 5.56 Å². The summed E-state index contributed by atoms with van der Waals surface area (Å²) in [5, 5.41) is 8.51. The van der Waals surface area contributed by atoms with Crippen LogP contribution in [-0.4, -0.2) is 17.8 Å². The molecule has 1 amide bonds. The first-order chi connectivity index (χ1) is 7.61. The monoisotopic (exact) mass is 254 g/mol. The van der Waals surface area contributed by atoms with Crippen LogP contribution in [0, 0.1) is 11.3 Å². The van der Waals surface area contributed by atoms with Crippen LogP contribution in [0.2, 0.25) is 5.02 Å². The van der Waals surface area contributed by atoms with Crippen LogP contribution in [0.15, 0.2) is 18.2 Å². The zero-order valence-electron chi connectivity index (χ0n) is 8.28. The molecule has 0 fully saturated rings. The van der Waals surface area contributed by atoms with Crippen molar-refractivity contribution in [2.45, 2.75) is 11.8 Å². The molecule has 1 aliphatic rings. The summed E-state index contributed by atoms with van der Waals surface area (Å²) in [4.78, 5) is 13.2. The first-order valence-electron chi connectivity index (χ1n) is 4.74. The predicted octanol–water partition coefficient (Wildman–Crippen LogP) is 2.36. The number of alkyl halides is 1. The third-order valence-corrected chi connectivity index (χ3v) is 2.93. The summed E-state index contributed by atoms with van der Waals surface area (Å²) < 4.78 is 0. The normalized spacial score (nSPS) is 15.8. The molecule has 1 aliphatic heterocycles. The van der Waals surface area contributed by atoms with Gasteiger partial charge in [0.1, 0.15) is 5.38 Å². The summed E-state index contributed by atoms with van der Waals surface area (Å²) in [6.45, 7) is 0.199. The lowest BCUT2D eigenvalue weighted by Crippen LogP contribution is -2.32. The van der Waals surface area contributed by atoms with Crippen LogP contribution in [0.4, 0.5) is 5.69 Å². The largest absolute Gasteiger partial charge is 0.309 e. The van der Waals surface area contributed by atoms with E-state index in [0.717, 1.165) is 11.3 Å². The Hall–Kier alpha value is -1.24. The Morgan fingerprint density at radius 3 is 3.00 bits per heavy atom. The van der Waals surface area contributed by atoms with Gasteiger partial charge in [-0.05, 0) is 17.7 Å². The molecule has 3 nitrogen and oxygen atoms in total. The molecule has 0 radical (unpaired) electrons. The Kier molecular flexibility index (Phi) is 3.04. The summed E-state index contributed by atoms with van der Waals surface area (Å²) in [5.74, 6) is -0.0434. The van der Waals surface area contributed by atoms with Crippen molar-refractivity contribution >= 4 is 34.8 Å². The molecule has 5 heteroatoms. The molecule has 0 aliphatic carbocycles. The Bertz CT molecular complexity index is 481. The lowest BCUT2D eigenvalue weighted by atomic mass is 10.2. The quantitative estimate of drug-likeness (QED) is 0.761. The van der Waals surface area contributed by atoms with Gasteiger partial charge in [0.2, 0.25) is 5.91 Å². The van der Waals surface area contributed by atoms with Gasteiger partial charge in [0.25, 0.3) is 0 Å². The zero-order valence-corrected chi connectivity index (χ0v) is 9.79. The molecule has 2 rings (SSSR count). The minimum atomic E-state index is -0.700. The second-order valence-electron chi connectivity index (χ2n) is 3.55. The van der Waals surface area contributed by atoms with E-state index < -0.39 is 5.38 Å². The molecule has 1 atom stereocenters. The first-order valence-corrected chi connectivity index (χ1v) is 5.55. The highest BCUT2D eigenvalue weighted by molar-refractivity contribution is 6.31. The molecular formula is C11H8Cl2N2O. The van der Waals surface area contributed by atoms with Crippen LogP contribution in [0.25, 0.3) is 0 Å². The lowest BCUT2D eigenvalue weighted by molar-refractivity contribution is -0.117. The smallest absolute Gasteiger partial charge is 0.231 e. The SMILES string of the molecule is N#CC(Cl)CN1C(=O)Cc2ccc(Cl)cc21. The van der Waals surface area contributed by atoms with Gasteiger partial charge in [-0.1, -0.05) is 17.7 Å². The Morgan fingerprint density at radius 2 is 2.31 bits per heavy atom. The Balaban J connectivity index is 2.32. The van der Waals surface area contributed by atoms with Gasteiger partial charge in [0.15, 0.2) is 0 Å². The number of benzene rings is 1. The number of amides is 1. The van der Waals surface area contributed by atoms with Crippen molar-refractivity contribution < 1.29 is 4.79 Å². The molecule has 1 heterocycles. The van der Waals surface area contributed by atoms with E-state index in [1.165, 1.54) is 4.90 Å². The van der Waals surface area contributed by atoms with E-state index in [4.69, 9.17) is 28.5 Å². The molecule has 82 valence electrons. The van der Waals surface area contributed by atoms with Crippen molar-refractivity contribution in [2.75, 3.05) is 11.4 Å². The third kappa shape index (κ3) is 1.99. The maximum absolute atomic E-state index is 11.7. The third-order valence-electron chi connectivity index (χ3n) is 2.46. The van der Waals surface area contributed by atoms with Crippen molar-refractivity contribution in [3.05, 3.63) is 28.8 Å². The van der Waals surface area contributed by atoms with Gasteiger partial charge < -0.3 is 4.90 Å². The van der Waals surface area contributed by atoms with Gasteiger partial charge in [-0.25, -0.2) is 0 Å². The summed E-state index contributed by atoms with van der Waals surface area (Å²) in [6.07, 6.45) is 0.349. The molecule has 16 heavy (non-hydrogen) atoms. The second kappa shape index (κ2) is 4.32. The lowest BCUT2D eigenvalue weighted by Gasteiger charge is -2.17. The molecule has 0 bridgehead atoms. The minimum absolute atomic E-state index is 0.0434. The number of carbonyl (C=O) groups excluding carboxylic acids is 1. The fourth-order valence-electron chi connectivity index (χ4n) is 1.73. The Labute approximate surface area is 103 Å². The minimum Gasteiger partial charge on any atom is -0.309 e. The number of halogens is 2. The van der Waals surface area contributed by atoms with Crippen LogP contribution < -0.4 is 4.90 Å². The van der Waals surface area contributed by atoms with Gasteiger partial charge in [-0.2, -0.15) is 5.26 Å². The number of nitrogens with zero attached hydrogens (tertiary/aromatic N) is 2. The fraction of sp³-hybridized carbons (Fsp3) is 0.273. The van der Waals surface area contributed by atoms with Crippen molar-refractivity contribution in [3.63, 3.8) is 0 Å². The number of hydrogen-bond donors (Lipinski definition) is 0. The highest BCUT2D eigenvalue weighted by Crippen LogP contribution is 2.31. The molecule has 1 unspecified atom stereocenters. The van der Waals surface area contributed by atoms with Crippen molar-refractivity contribution in [2.24, 2.45) is 0 Å². The molecule has 0 saturated heterocycles. The average molecular weight is 255 g/mol. The highest BCUT2D eigenvalue weighted by Gasteiger charge is 2.28. The Morgan fingerprint density at radius 1 is 1.56 bits per heavy atom. The molecular weight excluding hydrogens is 247 g/mol. The van der Waals surface area contributed by atoms with Crippen molar-refractivity contribution in [1.82, 2.24) is 0 Å². The number of hydrogen-bond acceptors (Lipinski definition) is 2. The summed E-state index contributed by atoms with van der Waals surface area (Å²) in [7, 11) is 0. The van der Waals surface area contributed by atoms with E-state index in [2.05, 4.69) is 0 Å². The molecule has 0 saturated carbocycles. The van der Waals surface area contributed by atoms with E-state index in [9.17, 15) is 4.79 Å². The number of nitriles is 1. The molecule has 0 aromatic heterocycles. The van der Waals surface area contributed by atoms with Crippen molar-refractivity contribution in [1.29, 1.82) is 5.26 Å². The number of rotatable bonds is 2. The van der Waals surface area contributed by atoms with Gasteiger partial charge in [-0.15, -0.1) is 11.6 Å². The molecule has 1 aromatic rings. The maximum Gasteiger partial charge on any atom is 0.231 e. The zero-order chi connectivity index (χ0) is 11.7. The van der Waals surface area contributed by atoms with Crippen LogP contribution in [0.3, 0.4) is 0 Å². The van der Waals surface area contributed by atoms with Crippen LogP contribution in [-0.2, 0) is 11.2 Å². The van der Waals surface area contributed by atoms with E-state index >= 15 is 0 Å². The number of carbonyl (C=O) groups is 1. The standard InChI is InChI=1S/C11H8Cl2N2O/c12-8-2-1-7-3-11(16)15(10(7)4-8)6-9(13)5-14/h1-2,4,9H,3,6H2. The fourth-order valence-corrected chi connectivity index (χ4v) is 2.04. The average Bonchev–Trinajstić information content (AvgIpc) is 2.55. The molecule has 0 spiro atoms. The van der Waals surface area contributed by atoms with E-state index in [-0.39, 0.29) is 12.5 Å². The maximum atomic E-state index is 11.7. The van der Waals surface area contributed by atoms with Crippen LogP contribution >= 0.6 is 23.2 Å². The summed E-state index contributed by atoms with van der Waals surface area (Å²) >= 11 is 11.6. The number of fused-ring (bicyclic) bond motifs is 1. The highest BCUT2D eigenvalue weighted by atomic mass is 35.5. The summed E-state index contributed by atoms with van der Waals surface area (Å²) in [5.41, 5.74) is 1.69. The molecule has 0 N–H and O–H groups in total. The van der Waals surface area contributed by atoms with E-state index in [0.29, 0.717) is 11.4 Å². The first kappa shape index (κ1) is 11.3. The van der Waals surface area contributed by atoms with Gasteiger partial charge in [0.05, 0.1) is 19.0 Å². The van der Waals surface area contributed by atoms with Crippen LogP contribution in [0.5, 0.6) is 0 Å². The second-order valence-corrected chi connectivity index (χ2v) is 4.51. The predicted molar refractivity (Wildman–Crippen MR) is 62.8 cm³/mol. The van der Waals surface area contributed by atoms with Crippen molar-refractivity contribution in [3.8, 4) is 6.07 Å². The van der Waals surface area contributed by atoms with Gasteiger partial charge >= 0.3 is 0 Å². The van der Waals surface area contributed by atoms with Gasteiger partial charge in [-0.3, -0.25) is 4.79 Å². The van der Waals surface area contributed by atoms with Gasteiger partial charge in [0, 0.05) is 10.7 Å². The summed E-state index contributed by atoms with van der Waals surface area (Å²) in [6, 6.07) is 7.20. The van der Waals surface area contributed by atoms with E-state index in [1.807, 2.05) is 12.1 Å². The topological polar surface area (TPSA) is 44.1 Å².